The lowest BCUT2D eigenvalue weighted by Crippen LogP contribution is -2.25. The molecule has 0 aliphatic carbocycles. The largest absolute Gasteiger partial charge is 0.465 e. The third-order valence-electron chi connectivity index (χ3n) is 5.53. The molecule has 9 heteroatoms. The number of thiazole rings is 1. The van der Waals surface area contributed by atoms with Crippen LogP contribution < -0.4 is 5.56 Å². The number of hydrogen-bond donors (Lipinski definition) is 1. The van der Waals surface area contributed by atoms with E-state index in [0.717, 1.165) is 29.9 Å². The van der Waals surface area contributed by atoms with Gasteiger partial charge in [-0.1, -0.05) is 12.1 Å². The summed E-state index contributed by atoms with van der Waals surface area (Å²) in [4.78, 5) is 40.4. The minimum absolute atomic E-state index is 0.213. The van der Waals surface area contributed by atoms with Crippen LogP contribution in [0.15, 0.2) is 29.1 Å². The van der Waals surface area contributed by atoms with E-state index in [9.17, 15) is 9.59 Å². The van der Waals surface area contributed by atoms with Crippen molar-refractivity contribution in [2.75, 3.05) is 13.7 Å². The van der Waals surface area contributed by atoms with Crippen molar-refractivity contribution < 1.29 is 9.53 Å². The maximum Gasteiger partial charge on any atom is 0.348 e. The first-order chi connectivity index (χ1) is 14.5. The van der Waals surface area contributed by atoms with Crippen LogP contribution in [0.5, 0.6) is 0 Å². The molecule has 1 saturated heterocycles. The van der Waals surface area contributed by atoms with Crippen LogP contribution >= 0.6 is 22.7 Å². The fraction of sp³-hybridized carbons (Fsp3) is 0.333. The molecule has 1 aliphatic heterocycles. The van der Waals surface area contributed by atoms with Gasteiger partial charge in [0.25, 0.3) is 5.56 Å². The number of nitrogens with zero attached hydrogens (tertiary/aromatic N) is 3. The lowest BCUT2D eigenvalue weighted by atomic mass is 10.2. The Balaban J connectivity index is 1.47. The summed E-state index contributed by atoms with van der Waals surface area (Å²) in [6.07, 6.45) is 2.12. The Kier molecular flexibility index (Phi) is 4.88. The van der Waals surface area contributed by atoms with Gasteiger partial charge in [0.2, 0.25) is 0 Å². The molecule has 5 rings (SSSR count). The molecule has 0 bridgehead atoms. The fourth-order valence-electron chi connectivity index (χ4n) is 4.07. The normalized spacial score (nSPS) is 17.2. The smallest absolute Gasteiger partial charge is 0.348 e. The molecule has 3 aromatic heterocycles. The first kappa shape index (κ1) is 19.3. The monoisotopic (exact) mass is 440 g/mol. The zero-order chi connectivity index (χ0) is 20.8. The van der Waals surface area contributed by atoms with Crippen molar-refractivity contribution in [2.24, 2.45) is 0 Å². The highest BCUT2D eigenvalue weighted by molar-refractivity contribution is 7.20. The maximum atomic E-state index is 12.7. The van der Waals surface area contributed by atoms with E-state index in [-0.39, 0.29) is 11.6 Å². The number of nitrogens with one attached hydrogen (secondary N) is 1. The third kappa shape index (κ3) is 3.23. The Morgan fingerprint density at radius 1 is 1.30 bits per heavy atom. The minimum atomic E-state index is -0.438. The molecule has 7 nitrogen and oxygen atoms in total. The fourth-order valence-corrected chi connectivity index (χ4v) is 6.33. The molecular formula is C21H20N4O3S2. The molecule has 0 radical (unpaired) electrons. The highest BCUT2D eigenvalue weighted by Gasteiger charge is 2.29. The number of likely N-dealkylation sites (tertiary alicyclic amines) is 1. The molecule has 0 spiro atoms. The second kappa shape index (κ2) is 7.57. The number of H-pyrrole nitrogens is 1. The molecule has 1 aliphatic rings. The van der Waals surface area contributed by atoms with Gasteiger partial charge < -0.3 is 9.72 Å². The molecule has 1 atom stereocenters. The van der Waals surface area contributed by atoms with Crippen LogP contribution in [0.1, 0.15) is 45.0 Å². The molecule has 154 valence electrons. The van der Waals surface area contributed by atoms with Gasteiger partial charge in [0.1, 0.15) is 20.5 Å². The van der Waals surface area contributed by atoms with E-state index in [1.807, 2.05) is 18.2 Å². The number of carbonyl (C=O) groups is 1. The molecule has 4 heterocycles. The predicted octanol–water partition coefficient (Wildman–Crippen LogP) is 4.03. The quantitative estimate of drug-likeness (QED) is 0.482. The van der Waals surface area contributed by atoms with E-state index in [1.54, 1.807) is 18.3 Å². The molecule has 0 amide bonds. The average molecular weight is 441 g/mol. The van der Waals surface area contributed by atoms with E-state index in [2.05, 4.69) is 20.9 Å². The summed E-state index contributed by atoms with van der Waals surface area (Å²) in [5, 5.41) is 1.57. The Morgan fingerprint density at radius 3 is 2.93 bits per heavy atom. The molecule has 1 unspecified atom stereocenters. The number of fused-ring (bicyclic) bond motifs is 2. The van der Waals surface area contributed by atoms with Crippen LogP contribution in [0.25, 0.3) is 20.4 Å². The number of thiophene rings is 1. The van der Waals surface area contributed by atoms with Crippen LogP contribution in [0.2, 0.25) is 0 Å². The van der Waals surface area contributed by atoms with Crippen molar-refractivity contribution in [3.63, 3.8) is 0 Å². The summed E-state index contributed by atoms with van der Waals surface area (Å²) in [6, 6.07) is 8.40. The maximum absolute atomic E-state index is 12.7. The molecule has 4 aromatic rings. The Morgan fingerprint density at radius 2 is 2.13 bits per heavy atom. The standard InChI is InChI=1S/C21H20N4O3S2/c1-11-16-18(26)23-15(24-20(16)30-17(11)21(27)28-2)10-25-9-5-7-13(25)19-22-12-6-3-4-8-14(12)29-19/h3-4,6,8,13H,5,7,9-10H2,1-2H3,(H,23,24,26). The summed E-state index contributed by atoms with van der Waals surface area (Å²) >= 11 is 2.94. The van der Waals surface area contributed by atoms with Crippen LogP contribution in [0.4, 0.5) is 0 Å². The third-order valence-corrected chi connectivity index (χ3v) is 7.84. The molecule has 0 saturated carbocycles. The molecule has 1 aromatic carbocycles. The van der Waals surface area contributed by atoms with Crippen molar-refractivity contribution in [3.05, 3.63) is 55.9 Å². The molecule has 30 heavy (non-hydrogen) atoms. The average Bonchev–Trinajstić information content (AvgIpc) is 3.44. The second-order valence-corrected chi connectivity index (χ2v) is 9.45. The van der Waals surface area contributed by atoms with Gasteiger partial charge in [0, 0.05) is 0 Å². The van der Waals surface area contributed by atoms with E-state index < -0.39 is 5.97 Å². The SMILES string of the molecule is COC(=O)c1sc2nc(CN3CCCC3c3nc4ccccc4s3)[nH]c(=O)c2c1C. The number of methoxy groups -OCH3 is 1. The van der Waals surface area contributed by atoms with Crippen LogP contribution in [-0.4, -0.2) is 39.5 Å². The Hall–Kier alpha value is -2.62. The molecule has 1 fully saturated rings. The lowest BCUT2D eigenvalue weighted by Gasteiger charge is -2.21. The van der Waals surface area contributed by atoms with Crippen molar-refractivity contribution >= 4 is 49.1 Å². The van der Waals surface area contributed by atoms with Crippen molar-refractivity contribution in [1.29, 1.82) is 0 Å². The van der Waals surface area contributed by atoms with Gasteiger partial charge in [-0.05, 0) is 44.0 Å². The van der Waals surface area contributed by atoms with Gasteiger partial charge in [-0.25, -0.2) is 14.8 Å². The summed E-state index contributed by atoms with van der Waals surface area (Å²) in [6.45, 7) is 3.22. The van der Waals surface area contributed by atoms with Gasteiger partial charge in [-0.2, -0.15) is 0 Å². The number of carbonyl (C=O) groups excluding carboxylic acids is 1. The van der Waals surface area contributed by atoms with Crippen molar-refractivity contribution in [2.45, 2.75) is 32.4 Å². The zero-order valence-corrected chi connectivity index (χ0v) is 18.2. The highest BCUT2D eigenvalue weighted by Crippen LogP contribution is 2.37. The van der Waals surface area contributed by atoms with E-state index in [0.29, 0.717) is 33.0 Å². The van der Waals surface area contributed by atoms with Gasteiger partial charge in [-0.15, -0.1) is 22.7 Å². The van der Waals surface area contributed by atoms with Crippen molar-refractivity contribution in [3.8, 4) is 0 Å². The van der Waals surface area contributed by atoms with E-state index in [4.69, 9.17) is 9.72 Å². The summed E-state index contributed by atoms with van der Waals surface area (Å²) in [5.74, 6) is 0.171. The number of rotatable bonds is 4. The number of aromatic nitrogens is 3. The number of aryl methyl sites for hydroxylation is 1. The van der Waals surface area contributed by atoms with E-state index in [1.165, 1.54) is 23.1 Å². The number of ether oxygens (including phenoxy) is 1. The van der Waals surface area contributed by atoms with Crippen molar-refractivity contribution in [1.82, 2.24) is 19.9 Å². The number of aromatic amines is 1. The molecule has 1 N–H and O–H groups in total. The number of para-hydroxylation sites is 1. The number of esters is 1. The lowest BCUT2D eigenvalue weighted by molar-refractivity contribution is 0.0605. The Labute approximate surface area is 180 Å². The topological polar surface area (TPSA) is 88.2 Å². The highest BCUT2D eigenvalue weighted by atomic mass is 32.1. The summed E-state index contributed by atoms with van der Waals surface area (Å²) < 4.78 is 6.02. The summed E-state index contributed by atoms with van der Waals surface area (Å²) in [7, 11) is 1.34. The molecular weight excluding hydrogens is 420 g/mol. The van der Waals surface area contributed by atoms with Gasteiger partial charge in [0.15, 0.2) is 0 Å². The number of hydrogen-bond acceptors (Lipinski definition) is 8. The van der Waals surface area contributed by atoms with Gasteiger partial charge >= 0.3 is 5.97 Å². The Bertz CT molecular complexity index is 1290. The van der Waals surface area contributed by atoms with Gasteiger partial charge in [-0.3, -0.25) is 9.69 Å². The van der Waals surface area contributed by atoms with E-state index >= 15 is 0 Å². The predicted molar refractivity (Wildman–Crippen MR) is 118 cm³/mol. The van der Waals surface area contributed by atoms with Crippen LogP contribution in [0.3, 0.4) is 0 Å². The first-order valence-corrected chi connectivity index (χ1v) is 11.4. The zero-order valence-electron chi connectivity index (χ0n) is 16.6. The summed E-state index contributed by atoms with van der Waals surface area (Å²) in [5.41, 5.74) is 1.44. The first-order valence-electron chi connectivity index (χ1n) is 9.75. The van der Waals surface area contributed by atoms with Crippen LogP contribution in [0, 0.1) is 6.92 Å². The van der Waals surface area contributed by atoms with Gasteiger partial charge in [0.05, 0.1) is 35.3 Å². The van der Waals surface area contributed by atoms with Crippen LogP contribution in [-0.2, 0) is 11.3 Å². The minimum Gasteiger partial charge on any atom is -0.465 e. The number of benzene rings is 1. The second-order valence-electron chi connectivity index (χ2n) is 7.39.